The third-order valence-corrected chi connectivity index (χ3v) is 5.42. The summed E-state index contributed by atoms with van der Waals surface area (Å²) in [6.07, 6.45) is 0.665. The molecule has 1 amide bonds. The number of anilines is 1. The van der Waals surface area contributed by atoms with Gasteiger partial charge in [-0.05, 0) is 43.7 Å². The van der Waals surface area contributed by atoms with Crippen molar-refractivity contribution in [1.82, 2.24) is 4.72 Å². The maximum absolute atomic E-state index is 12.1. The van der Waals surface area contributed by atoms with Crippen LogP contribution in [0.5, 0.6) is 5.75 Å². The number of nitrogens with one attached hydrogen (secondary N) is 2. The summed E-state index contributed by atoms with van der Waals surface area (Å²) in [6.45, 7) is 3.29. The van der Waals surface area contributed by atoms with Crippen LogP contribution in [0.2, 0.25) is 5.02 Å². The molecule has 0 saturated carbocycles. The van der Waals surface area contributed by atoms with Crippen LogP contribution in [0.25, 0.3) is 0 Å². The van der Waals surface area contributed by atoms with Gasteiger partial charge in [0, 0.05) is 17.8 Å². The minimum Gasteiger partial charge on any atom is -0.482 e. The Morgan fingerprint density at radius 2 is 1.89 bits per heavy atom. The molecule has 0 unspecified atom stereocenters. The zero-order valence-electron chi connectivity index (χ0n) is 15.5. The van der Waals surface area contributed by atoms with E-state index in [4.69, 9.17) is 16.3 Å². The molecular formula is C19H21ClN2O5S. The van der Waals surface area contributed by atoms with Gasteiger partial charge in [0.2, 0.25) is 10.0 Å². The number of amides is 1. The Kier molecular flexibility index (Phi) is 7.56. The van der Waals surface area contributed by atoms with Gasteiger partial charge in [0.25, 0.3) is 5.91 Å². The molecule has 0 bridgehead atoms. The first-order chi connectivity index (χ1) is 13.2. The third kappa shape index (κ3) is 6.05. The van der Waals surface area contributed by atoms with E-state index in [0.717, 1.165) is 0 Å². The lowest BCUT2D eigenvalue weighted by atomic mass is 10.1. The number of hydrogen-bond acceptors (Lipinski definition) is 5. The van der Waals surface area contributed by atoms with Crippen LogP contribution in [0.4, 0.5) is 5.69 Å². The van der Waals surface area contributed by atoms with Crippen LogP contribution < -0.4 is 14.8 Å². The second-order valence-corrected chi connectivity index (χ2v) is 8.14. The number of benzene rings is 2. The number of hydrogen-bond donors (Lipinski definition) is 2. The number of carbonyl (C=O) groups excluding carboxylic acids is 2. The minimum atomic E-state index is -3.64. The predicted molar refractivity (Wildman–Crippen MR) is 108 cm³/mol. The predicted octanol–water partition coefficient (Wildman–Crippen LogP) is 3.25. The van der Waals surface area contributed by atoms with Crippen molar-refractivity contribution in [3.05, 3.63) is 53.1 Å². The molecule has 0 radical (unpaired) electrons. The molecule has 9 heteroatoms. The minimum absolute atomic E-state index is 0.0174. The first-order valence-corrected chi connectivity index (χ1v) is 10.4. The van der Waals surface area contributed by atoms with Crippen LogP contribution in [0.15, 0.2) is 47.4 Å². The summed E-state index contributed by atoms with van der Waals surface area (Å²) < 4.78 is 32.0. The zero-order chi connectivity index (χ0) is 20.7. The van der Waals surface area contributed by atoms with E-state index >= 15 is 0 Å². The Morgan fingerprint density at radius 3 is 2.54 bits per heavy atom. The average Bonchev–Trinajstić information content (AvgIpc) is 2.65. The van der Waals surface area contributed by atoms with Crippen molar-refractivity contribution < 1.29 is 22.7 Å². The number of rotatable bonds is 9. The fraction of sp³-hybridized carbons (Fsp3) is 0.263. The molecule has 2 N–H and O–H groups in total. The van der Waals surface area contributed by atoms with Crippen molar-refractivity contribution >= 4 is 39.0 Å². The van der Waals surface area contributed by atoms with Gasteiger partial charge in [0.1, 0.15) is 5.75 Å². The molecule has 0 atom stereocenters. The Labute approximate surface area is 169 Å². The highest BCUT2D eigenvalue weighted by molar-refractivity contribution is 7.89. The topological polar surface area (TPSA) is 102 Å². The van der Waals surface area contributed by atoms with Gasteiger partial charge in [-0.25, -0.2) is 13.1 Å². The van der Waals surface area contributed by atoms with Crippen LogP contribution in [-0.4, -0.2) is 33.3 Å². The summed E-state index contributed by atoms with van der Waals surface area (Å²) in [6, 6.07) is 10.6. The molecular weight excluding hydrogens is 404 g/mol. The lowest BCUT2D eigenvalue weighted by Crippen LogP contribution is -2.24. The highest BCUT2D eigenvalue weighted by Crippen LogP contribution is 2.27. The Bertz CT molecular complexity index is 976. The van der Waals surface area contributed by atoms with Gasteiger partial charge >= 0.3 is 0 Å². The summed E-state index contributed by atoms with van der Waals surface area (Å²) in [5, 5.41) is 2.70. The van der Waals surface area contributed by atoms with Gasteiger partial charge in [-0.15, -0.1) is 0 Å². The standard InChI is InChI=1S/C19H21ClN2O5S/c1-3-9-21-28(25,26)16-7-8-18(17(20)11-16)27-12-19(24)22-15-6-4-5-14(10-15)13(2)23/h4-8,10-11,21H,3,9,12H2,1-2H3,(H,22,24). The number of ether oxygens (including phenoxy) is 1. The summed E-state index contributed by atoms with van der Waals surface area (Å²) in [7, 11) is -3.64. The summed E-state index contributed by atoms with van der Waals surface area (Å²) in [5.41, 5.74) is 0.950. The fourth-order valence-corrected chi connectivity index (χ4v) is 3.70. The maximum atomic E-state index is 12.1. The summed E-state index contributed by atoms with van der Waals surface area (Å²) in [4.78, 5) is 23.5. The normalized spacial score (nSPS) is 11.1. The number of Topliss-reactive ketones (excluding diaryl/α,β-unsaturated/α-hetero) is 1. The molecule has 0 aliphatic rings. The molecule has 0 aromatic heterocycles. The van der Waals surface area contributed by atoms with Gasteiger partial charge < -0.3 is 10.1 Å². The van der Waals surface area contributed by atoms with Crippen molar-refractivity contribution in [2.24, 2.45) is 0 Å². The average molecular weight is 425 g/mol. The lowest BCUT2D eigenvalue weighted by molar-refractivity contribution is -0.118. The fourth-order valence-electron chi connectivity index (χ4n) is 2.24. The smallest absolute Gasteiger partial charge is 0.262 e. The van der Waals surface area contributed by atoms with Crippen molar-refractivity contribution in [2.45, 2.75) is 25.2 Å². The van der Waals surface area contributed by atoms with Gasteiger partial charge in [-0.3, -0.25) is 9.59 Å². The quantitative estimate of drug-likeness (QED) is 0.601. The molecule has 7 nitrogen and oxygen atoms in total. The van der Waals surface area contributed by atoms with E-state index in [0.29, 0.717) is 24.2 Å². The van der Waals surface area contributed by atoms with E-state index in [9.17, 15) is 18.0 Å². The van der Waals surface area contributed by atoms with Crippen LogP contribution in [-0.2, 0) is 14.8 Å². The zero-order valence-corrected chi connectivity index (χ0v) is 17.1. The second-order valence-electron chi connectivity index (χ2n) is 5.96. The van der Waals surface area contributed by atoms with Crippen molar-refractivity contribution in [1.29, 1.82) is 0 Å². The van der Waals surface area contributed by atoms with Crippen LogP contribution in [0.3, 0.4) is 0 Å². The van der Waals surface area contributed by atoms with Gasteiger partial charge in [-0.1, -0.05) is 30.7 Å². The number of carbonyl (C=O) groups is 2. The van der Waals surface area contributed by atoms with E-state index in [1.807, 2.05) is 6.92 Å². The Balaban J connectivity index is 2.00. The summed E-state index contributed by atoms with van der Waals surface area (Å²) in [5.74, 6) is -0.371. The van der Waals surface area contributed by atoms with E-state index in [-0.39, 0.29) is 28.1 Å². The molecule has 150 valence electrons. The van der Waals surface area contributed by atoms with Crippen LogP contribution in [0, 0.1) is 0 Å². The van der Waals surface area contributed by atoms with E-state index in [1.165, 1.54) is 25.1 Å². The van der Waals surface area contributed by atoms with E-state index < -0.39 is 15.9 Å². The molecule has 0 aliphatic carbocycles. The second kappa shape index (κ2) is 9.68. The largest absolute Gasteiger partial charge is 0.482 e. The maximum Gasteiger partial charge on any atom is 0.262 e. The highest BCUT2D eigenvalue weighted by Gasteiger charge is 2.16. The van der Waals surface area contributed by atoms with Gasteiger partial charge in [-0.2, -0.15) is 0 Å². The monoisotopic (exact) mass is 424 g/mol. The van der Waals surface area contributed by atoms with Gasteiger partial charge in [0.05, 0.1) is 9.92 Å². The Morgan fingerprint density at radius 1 is 1.14 bits per heavy atom. The first-order valence-electron chi connectivity index (χ1n) is 8.56. The third-order valence-electron chi connectivity index (χ3n) is 3.67. The molecule has 28 heavy (non-hydrogen) atoms. The highest BCUT2D eigenvalue weighted by atomic mass is 35.5. The van der Waals surface area contributed by atoms with E-state index in [2.05, 4.69) is 10.0 Å². The molecule has 0 saturated heterocycles. The Hall–Kier alpha value is -2.42. The molecule has 2 aromatic carbocycles. The molecule has 0 fully saturated rings. The van der Waals surface area contributed by atoms with E-state index in [1.54, 1.807) is 24.3 Å². The number of sulfonamides is 1. The van der Waals surface area contributed by atoms with Crippen LogP contribution in [0.1, 0.15) is 30.6 Å². The van der Waals surface area contributed by atoms with Crippen molar-refractivity contribution in [3.8, 4) is 5.75 Å². The molecule has 2 aromatic rings. The molecule has 2 rings (SSSR count). The summed E-state index contributed by atoms with van der Waals surface area (Å²) >= 11 is 6.08. The van der Waals surface area contributed by atoms with Crippen LogP contribution >= 0.6 is 11.6 Å². The lowest BCUT2D eigenvalue weighted by Gasteiger charge is -2.11. The van der Waals surface area contributed by atoms with Gasteiger partial charge in [0.15, 0.2) is 12.4 Å². The molecule has 0 heterocycles. The first kappa shape index (κ1) is 21.9. The SMILES string of the molecule is CCCNS(=O)(=O)c1ccc(OCC(=O)Nc2cccc(C(C)=O)c2)c(Cl)c1. The number of ketones is 1. The van der Waals surface area contributed by atoms with Crippen molar-refractivity contribution in [2.75, 3.05) is 18.5 Å². The van der Waals surface area contributed by atoms with Crippen molar-refractivity contribution in [3.63, 3.8) is 0 Å². The molecule has 0 aliphatic heterocycles. The number of halogens is 1. The molecule has 0 spiro atoms.